The highest BCUT2D eigenvalue weighted by Gasteiger charge is 2.11. The first-order valence-corrected chi connectivity index (χ1v) is 5.70. The summed E-state index contributed by atoms with van der Waals surface area (Å²) in [5.74, 6) is -0.895. The fourth-order valence-corrected chi connectivity index (χ4v) is 1.75. The molecule has 0 heterocycles. The maximum Gasteiger partial charge on any atom is 0.317 e. The van der Waals surface area contributed by atoms with Crippen molar-refractivity contribution in [1.29, 1.82) is 0 Å². The number of carbonyl (C=O) groups is 1. The van der Waals surface area contributed by atoms with Crippen molar-refractivity contribution in [2.75, 3.05) is 13.1 Å². The van der Waals surface area contributed by atoms with Crippen molar-refractivity contribution in [3.8, 4) is 0 Å². The molecular weight excluding hydrogens is 236 g/mol. The first-order valence-electron chi connectivity index (χ1n) is 5.70. The summed E-state index contributed by atoms with van der Waals surface area (Å²) in [6.07, 6.45) is 0.836. The Morgan fingerprint density at radius 3 is 2.78 bits per heavy atom. The van der Waals surface area contributed by atoms with Gasteiger partial charge in [-0.25, -0.2) is 0 Å². The second kappa shape index (κ2) is 6.70. The first-order chi connectivity index (χ1) is 8.52. The van der Waals surface area contributed by atoms with E-state index in [0.717, 1.165) is 12.0 Å². The van der Waals surface area contributed by atoms with E-state index in [2.05, 4.69) is 0 Å². The van der Waals surface area contributed by atoms with E-state index in [0.29, 0.717) is 13.1 Å². The molecule has 0 unspecified atom stereocenters. The molecule has 1 N–H and O–H groups in total. The maximum absolute atomic E-state index is 10.7. The lowest BCUT2D eigenvalue weighted by Crippen LogP contribution is -2.30. The molecule has 0 aromatic heterocycles. The number of benzene rings is 1. The Labute approximate surface area is 105 Å². The summed E-state index contributed by atoms with van der Waals surface area (Å²) < 4.78 is 0. The summed E-state index contributed by atoms with van der Waals surface area (Å²) in [6, 6.07) is 6.27. The van der Waals surface area contributed by atoms with E-state index in [1.165, 1.54) is 12.1 Å². The number of hydrogen-bond acceptors (Lipinski definition) is 4. The van der Waals surface area contributed by atoms with Crippen LogP contribution >= 0.6 is 0 Å². The molecular formula is C12H16N2O4. The summed E-state index contributed by atoms with van der Waals surface area (Å²) in [5.41, 5.74) is 0.776. The van der Waals surface area contributed by atoms with E-state index in [9.17, 15) is 14.9 Å². The van der Waals surface area contributed by atoms with Crippen LogP contribution in [0.15, 0.2) is 24.3 Å². The van der Waals surface area contributed by atoms with E-state index >= 15 is 0 Å². The molecule has 0 fully saturated rings. The molecule has 1 aromatic carbocycles. The van der Waals surface area contributed by atoms with Gasteiger partial charge >= 0.3 is 5.97 Å². The van der Waals surface area contributed by atoms with Crippen LogP contribution in [0.25, 0.3) is 0 Å². The quantitative estimate of drug-likeness (QED) is 0.591. The van der Waals surface area contributed by atoms with Gasteiger partial charge in [-0.1, -0.05) is 19.1 Å². The lowest BCUT2D eigenvalue weighted by molar-refractivity contribution is -0.384. The number of carboxylic acids is 1. The van der Waals surface area contributed by atoms with E-state index in [1.807, 2.05) is 6.92 Å². The maximum atomic E-state index is 10.7. The van der Waals surface area contributed by atoms with E-state index in [-0.39, 0.29) is 12.2 Å². The predicted octanol–water partition coefficient (Wildman–Crippen LogP) is 1.89. The minimum absolute atomic E-state index is 0.0271. The van der Waals surface area contributed by atoms with Crippen LogP contribution in [0.1, 0.15) is 18.9 Å². The standard InChI is InChI=1S/C12H16N2O4/c1-2-6-13(9-12(15)16)8-10-4-3-5-11(7-10)14(17)18/h3-5,7H,2,6,8-9H2,1H3,(H,15,16). The Bertz CT molecular complexity index is 434. The second-order valence-electron chi connectivity index (χ2n) is 4.03. The summed E-state index contributed by atoms with van der Waals surface area (Å²) in [4.78, 5) is 22.6. The number of aliphatic carboxylic acids is 1. The molecule has 0 aliphatic carbocycles. The monoisotopic (exact) mass is 252 g/mol. The molecule has 0 bridgehead atoms. The van der Waals surface area contributed by atoms with Crippen molar-refractivity contribution in [1.82, 2.24) is 4.90 Å². The van der Waals surface area contributed by atoms with Crippen LogP contribution in [0.4, 0.5) is 5.69 Å². The number of rotatable bonds is 7. The molecule has 0 amide bonds. The third-order valence-corrected chi connectivity index (χ3v) is 2.43. The molecule has 0 aliphatic rings. The molecule has 98 valence electrons. The minimum atomic E-state index is -0.895. The SMILES string of the molecule is CCCN(CC(=O)O)Cc1cccc([N+](=O)[O-])c1. The van der Waals surface area contributed by atoms with Crippen LogP contribution in [0, 0.1) is 10.1 Å². The number of hydrogen-bond donors (Lipinski definition) is 1. The van der Waals surface area contributed by atoms with Gasteiger partial charge in [0, 0.05) is 18.7 Å². The molecule has 0 aliphatic heterocycles. The van der Waals surface area contributed by atoms with E-state index in [1.54, 1.807) is 17.0 Å². The van der Waals surface area contributed by atoms with Crippen molar-refractivity contribution < 1.29 is 14.8 Å². The zero-order valence-corrected chi connectivity index (χ0v) is 10.2. The highest BCUT2D eigenvalue weighted by atomic mass is 16.6. The molecule has 0 spiro atoms. The van der Waals surface area contributed by atoms with Crippen LogP contribution in [0.2, 0.25) is 0 Å². The Morgan fingerprint density at radius 1 is 1.50 bits per heavy atom. The Kier molecular flexibility index (Phi) is 5.26. The average molecular weight is 252 g/mol. The van der Waals surface area contributed by atoms with Gasteiger partial charge in [-0.3, -0.25) is 19.8 Å². The third kappa shape index (κ3) is 4.50. The van der Waals surface area contributed by atoms with Crippen molar-refractivity contribution in [3.63, 3.8) is 0 Å². The molecule has 0 saturated heterocycles. The fourth-order valence-electron chi connectivity index (χ4n) is 1.75. The van der Waals surface area contributed by atoms with Crippen LogP contribution in [0.5, 0.6) is 0 Å². The van der Waals surface area contributed by atoms with Gasteiger partial charge in [-0.15, -0.1) is 0 Å². The molecule has 0 saturated carbocycles. The predicted molar refractivity (Wildman–Crippen MR) is 66.3 cm³/mol. The topological polar surface area (TPSA) is 83.7 Å². The zero-order chi connectivity index (χ0) is 13.5. The van der Waals surface area contributed by atoms with Crippen molar-refractivity contribution >= 4 is 11.7 Å². The lowest BCUT2D eigenvalue weighted by Gasteiger charge is -2.19. The van der Waals surface area contributed by atoms with Crippen LogP contribution in [0.3, 0.4) is 0 Å². The minimum Gasteiger partial charge on any atom is -0.480 e. The van der Waals surface area contributed by atoms with E-state index in [4.69, 9.17) is 5.11 Å². The zero-order valence-electron chi connectivity index (χ0n) is 10.2. The van der Waals surface area contributed by atoms with Gasteiger partial charge in [-0.2, -0.15) is 0 Å². The fraction of sp³-hybridized carbons (Fsp3) is 0.417. The first kappa shape index (κ1) is 14.1. The molecule has 6 heteroatoms. The number of nitrogens with zero attached hydrogens (tertiary/aromatic N) is 2. The summed E-state index contributed by atoms with van der Waals surface area (Å²) in [5, 5.41) is 19.4. The van der Waals surface area contributed by atoms with Gasteiger partial charge in [0.1, 0.15) is 0 Å². The van der Waals surface area contributed by atoms with E-state index < -0.39 is 10.9 Å². The highest BCUT2D eigenvalue weighted by Crippen LogP contribution is 2.14. The molecule has 0 atom stereocenters. The number of non-ortho nitro benzene ring substituents is 1. The second-order valence-corrected chi connectivity index (χ2v) is 4.03. The Hall–Kier alpha value is -1.95. The van der Waals surface area contributed by atoms with Gasteiger partial charge in [0.05, 0.1) is 11.5 Å². The lowest BCUT2D eigenvalue weighted by atomic mass is 10.2. The van der Waals surface area contributed by atoms with Crippen LogP contribution < -0.4 is 0 Å². The Morgan fingerprint density at radius 2 is 2.22 bits per heavy atom. The normalized spacial score (nSPS) is 10.6. The third-order valence-electron chi connectivity index (χ3n) is 2.43. The summed E-state index contributed by atoms with van der Waals surface area (Å²) in [7, 11) is 0. The largest absolute Gasteiger partial charge is 0.480 e. The van der Waals surface area contributed by atoms with Gasteiger partial charge in [0.25, 0.3) is 5.69 Å². The van der Waals surface area contributed by atoms with Crippen LogP contribution in [-0.4, -0.2) is 34.0 Å². The molecule has 6 nitrogen and oxygen atoms in total. The molecule has 1 rings (SSSR count). The smallest absolute Gasteiger partial charge is 0.317 e. The van der Waals surface area contributed by atoms with Gasteiger partial charge in [0.2, 0.25) is 0 Å². The van der Waals surface area contributed by atoms with Crippen molar-refractivity contribution in [2.24, 2.45) is 0 Å². The van der Waals surface area contributed by atoms with Crippen molar-refractivity contribution in [3.05, 3.63) is 39.9 Å². The van der Waals surface area contributed by atoms with Gasteiger partial charge < -0.3 is 5.11 Å². The number of nitro groups is 1. The van der Waals surface area contributed by atoms with Crippen molar-refractivity contribution in [2.45, 2.75) is 19.9 Å². The average Bonchev–Trinajstić information content (AvgIpc) is 2.28. The number of nitro benzene ring substituents is 1. The Balaban J connectivity index is 2.76. The van der Waals surface area contributed by atoms with Gasteiger partial charge in [0.15, 0.2) is 0 Å². The number of carboxylic acid groups (broad SMARTS) is 1. The molecule has 1 aromatic rings. The summed E-state index contributed by atoms with van der Waals surface area (Å²) in [6.45, 7) is 2.95. The van der Waals surface area contributed by atoms with Gasteiger partial charge in [-0.05, 0) is 18.5 Å². The molecule has 0 radical (unpaired) electrons. The molecule has 18 heavy (non-hydrogen) atoms. The highest BCUT2D eigenvalue weighted by molar-refractivity contribution is 5.69. The van der Waals surface area contributed by atoms with Crippen LogP contribution in [-0.2, 0) is 11.3 Å². The summed E-state index contributed by atoms with van der Waals surface area (Å²) >= 11 is 0.